The molecule has 384 valence electrons. The summed E-state index contributed by atoms with van der Waals surface area (Å²) < 4.78 is 21.1. The number of carbonyl (C=O) groups excluding carboxylic acids is 1. The molecule has 74 heavy (non-hydrogen) atoms. The number of nitrogen functional groups attached to an aromatic ring is 1. The second-order valence-corrected chi connectivity index (χ2v) is 20.0. The van der Waals surface area contributed by atoms with E-state index in [4.69, 9.17) is 10.3 Å². The zero-order chi connectivity index (χ0) is 52.4. The lowest BCUT2D eigenvalue weighted by atomic mass is 9.90. The predicted octanol–water partition coefficient (Wildman–Crippen LogP) is 11.1. The summed E-state index contributed by atoms with van der Waals surface area (Å²) in [6.45, 7) is 21.1. The highest BCUT2D eigenvalue weighted by atomic mass is 19.1. The lowest BCUT2D eigenvalue weighted by Gasteiger charge is -2.39. The fourth-order valence-corrected chi connectivity index (χ4v) is 8.93. The number of halogens is 1. The molecule has 3 aliphatic rings. The summed E-state index contributed by atoms with van der Waals surface area (Å²) in [7, 11) is 0. The van der Waals surface area contributed by atoms with Crippen LogP contribution in [0.5, 0.6) is 0 Å². The van der Waals surface area contributed by atoms with E-state index in [1.54, 1.807) is 13.8 Å². The van der Waals surface area contributed by atoms with Crippen LogP contribution in [0, 0.1) is 47.6 Å². The van der Waals surface area contributed by atoms with Gasteiger partial charge in [0.15, 0.2) is 5.82 Å². The topological polar surface area (TPSA) is 216 Å². The Balaban J connectivity index is 0.000000136. The number of hydrogen-bond donors (Lipinski definition) is 4. The monoisotopic (exact) mass is 1000 g/mol. The van der Waals surface area contributed by atoms with Crippen molar-refractivity contribution >= 4 is 40.3 Å². The van der Waals surface area contributed by atoms with Crippen LogP contribution < -0.4 is 21.7 Å². The molecule has 2 aliphatic carbocycles. The van der Waals surface area contributed by atoms with Crippen LogP contribution in [0.3, 0.4) is 0 Å². The summed E-state index contributed by atoms with van der Waals surface area (Å²) in [5.41, 5.74) is 18.0. The zero-order valence-corrected chi connectivity index (χ0v) is 43.9. The van der Waals surface area contributed by atoms with Crippen LogP contribution in [0.2, 0.25) is 0 Å². The van der Waals surface area contributed by atoms with Gasteiger partial charge in [0.05, 0.1) is 23.4 Å². The van der Waals surface area contributed by atoms with Gasteiger partial charge in [-0.15, -0.1) is 0 Å². The van der Waals surface area contributed by atoms with E-state index in [1.807, 2.05) is 83.1 Å². The first-order valence-corrected chi connectivity index (χ1v) is 25.4. The molecule has 1 amide bonds. The van der Waals surface area contributed by atoms with Crippen LogP contribution in [-0.2, 0) is 4.79 Å². The maximum Gasteiger partial charge on any atom is 0.310 e. The molecular formula is C56H66FN15O2. The summed E-state index contributed by atoms with van der Waals surface area (Å²) in [6, 6.07) is 25.8. The lowest BCUT2D eigenvalue weighted by molar-refractivity contribution is -0.133. The molecule has 1 aliphatic heterocycles. The van der Waals surface area contributed by atoms with Gasteiger partial charge in [0.2, 0.25) is 11.9 Å². The normalized spacial score (nSPS) is 15.5. The van der Waals surface area contributed by atoms with E-state index in [1.165, 1.54) is 29.5 Å². The molecule has 0 radical (unpaired) electrons. The molecule has 8 aromatic rings. The van der Waals surface area contributed by atoms with Gasteiger partial charge in [-0.05, 0) is 135 Å². The number of aromatic nitrogens is 10. The maximum atomic E-state index is 13.5. The number of nitrogens with two attached hydrogens (primary N) is 1. The van der Waals surface area contributed by atoms with E-state index in [2.05, 4.69) is 122 Å². The summed E-state index contributed by atoms with van der Waals surface area (Å²) in [5.74, 6) is 5.73. The van der Waals surface area contributed by atoms with E-state index < -0.39 is 6.08 Å². The number of nitrogens with one attached hydrogen (secondary N) is 3. The molecule has 0 spiro atoms. The molecule has 3 fully saturated rings. The number of imidazole rings is 1. The van der Waals surface area contributed by atoms with E-state index in [0.29, 0.717) is 41.1 Å². The second-order valence-electron chi connectivity index (χ2n) is 20.0. The summed E-state index contributed by atoms with van der Waals surface area (Å²) in [5, 5.41) is 14.2. The first kappa shape index (κ1) is 51.0. The molecule has 3 unspecified atom stereocenters. The van der Waals surface area contributed by atoms with E-state index in [0.717, 1.165) is 88.1 Å². The highest BCUT2D eigenvalue weighted by Gasteiger charge is 2.31. The van der Waals surface area contributed by atoms with Gasteiger partial charge in [-0.1, -0.05) is 47.6 Å². The van der Waals surface area contributed by atoms with Crippen LogP contribution in [0.4, 0.5) is 27.8 Å². The van der Waals surface area contributed by atoms with Crippen LogP contribution in [-0.4, -0.2) is 73.5 Å². The summed E-state index contributed by atoms with van der Waals surface area (Å²) in [6.07, 6.45) is 6.03. The first-order valence-electron chi connectivity index (χ1n) is 25.4. The van der Waals surface area contributed by atoms with Crippen molar-refractivity contribution in [2.45, 2.75) is 131 Å². The van der Waals surface area contributed by atoms with Gasteiger partial charge in [0, 0.05) is 89.8 Å². The van der Waals surface area contributed by atoms with Gasteiger partial charge in [-0.3, -0.25) is 4.79 Å². The van der Waals surface area contributed by atoms with Crippen molar-refractivity contribution < 1.29 is 13.7 Å². The van der Waals surface area contributed by atoms with Crippen molar-refractivity contribution in [1.82, 2.24) is 54.5 Å². The van der Waals surface area contributed by atoms with Crippen LogP contribution in [0.1, 0.15) is 151 Å². The predicted molar refractivity (Wildman–Crippen MR) is 286 cm³/mol. The minimum Gasteiger partial charge on any atom is -0.368 e. The molecule has 3 atom stereocenters. The summed E-state index contributed by atoms with van der Waals surface area (Å²) in [4.78, 5) is 47.1. The average molecular weight is 1000 g/mol. The number of benzene rings is 3. The number of anilines is 4. The number of fused-ring (bicyclic) bond motifs is 1. The fraction of sp³-hybridized carbons (Fsp3) is 0.393. The number of carbonyl (C=O) groups is 1. The minimum absolute atomic E-state index is 0.00660. The Morgan fingerprint density at radius 3 is 1.93 bits per heavy atom. The van der Waals surface area contributed by atoms with E-state index in [-0.39, 0.29) is 30.0 Å². The molecule has 0 bridgehead atoms. The number of aryl methyl sites for hydroxylation is 4. The molecular weight excluding hydrogens is 934 g/mol. The number of likely N-dealkylation sites (tertiary alicyclic amines) is 1. The third-order valence-corrected chi connectivity index (χ3v) is 14.1. The lowest BCUT2D eigenvalue weighted by Crippen LogP contribution is -2.47. The van der Waals surface area contributed by atoms with Crippen molar-refractivity contribution in [2.24, 2.45) is 0 Å². The fourth-order valence-electron chi connectivity index (χ4n) is 8.93. The van der Waals surface area contributed by atoms with Gasteiger partial charge in [-0.25, -0.2) is 24.9 Å². The Bertz CT molecular complexity index is 3250. The minimum atomic E-state index is -0.702. The van der Waals surface area contributed by atoms with Crippen molar-refractivity contribution in [1.29, 1.82) is 0 Å². The highest BCUT2D eigenvalue weighted by Crippen LogP contribution is 2.39. The van der Waals surface area contributed by atoms with Crippen molar-refractivity contribution in [2.75, 3.05) is 34.8 Å². The standard InChI is InChI=1S/C20H26N4O.C18H20FN5.C18H20N6O/c1-12-13(2)21-15(4)23-20(12)22-14(3)17-6-8-18(9-7-17)19-10-24(11-19)16(5)25;1-10-11(2)22-18(19)23-17(10)21-12(3)13-4-7-16-15(8-13)20-9-24(16)14-5-6-14;1-10-9-15(22-18(19)20-10)21-11(2)12-3-7-14(8-4-12)17-23-16(24-25-17)13-5-6-13/h6-9,14,19H,10-11H2,1-5H3,(H,21,22,23);4,7-9,12,14H,5-6H2,1-3H3,(H,21,22,23);3-4,7-9,11,13H,5-6H2,1-2H3,(H3,19,20,21,22). The van der Waals surface area contributed by atoms with Crippen LogP contribution >= 0.6 is 0 Å². The molecule has 11 rings (SSSR count). The van der Waals surface area contributed by atoms with Crippen LogP contribution in [0.25, 0.3) is 22.5 Å². The molecule has 1 saturated heterocycles. The molecule has 2 saturated carbocycles. The number of hydrogen-bond acceptors (Lipinski definition) is 15. The molecule has 18 heteroatoms. The summed E-state index contributed by atoms with van der Waals surface area (Å²) >= 11 is 0. The molecule has 6 heterocycles. The third kappa shape index (κ3) is 12.1. The van der Waals surface area contributed by atoms with Crippen molar-refractivity contribution in [3.63, 3.8) is 0 Å². The van der Waals surface area contributed by atoms with Gasteiger partial charge >= 0.3 is 6.08 Å². The Hall–Kier alpha value is -7.89. The van der Waals surface area contributed by atoms with Crippen molar-refractivity contribution in [3.8, 4) is 11.5 Å². The SMILES string of the molecule is CC(=O)N1CC(c2ccc(C(C)Nc3nc(C)nc(C)c3C)cc2)C1.Cc1cc(NC(C)c2ccc(-c3nc(C4CC4)no3)cc2)nc(N)n1.Cc1nc(F)nc(NC(C)c2ccc3c(c2)ncn3C2CC2)c1C. The first-order chi connectivity index (χ1) is 35.5. The smallest absolute Gasteiger partial charge is 0.310 e. The Kier molecular flexibility index (Phi) is 14.9. The quantitative estimate of drug-likeness (QED) is 0.0790. The number of amides is 1. The molecule has 5 N–H and O–H groups in total. The van der Waals surface area contributed by atoms with Crippen molar-refractivity contribution in [3.05, 3.63) is 147 Å². The molecule has 5 aromatic heterocycles. The van der Waals surface area contributed by atoms with E-state index in [9.17, 15) is 9.18 Å². The largest absolute Gasteiger partial charge is 0.368 e. The second kappa shape index (κ2) is 21.7. The van der Waals surface area contributed by atoms with Gasteiger partial charge in [0.25, 0.3) is 5.89 Å². The molecule has 17 nitrogen and oxygen atoms in total. The Morgan fingerprint density at radius 1 is 0.689 bits per heavy atom. The van der Waals surface area contributed by atoms with Gasteiger partial charge < -0.3 is 35.7 Å². The third-order valence-electron chi connectivity index (χ3n) is 14.1. The maximum absolute atomic E-state index is 13.5. The molecule has 3 aromatic carbocycles. The zero-order valence-electron chi connectivity index (χ0n) is 43.9. The Morgan fingerprint density at radius 2 is 1.30 bits per heavy atom. The number of nitrogens with zero attached hydrogens (tertiary/aromatic N) is 11. The van der Waals surface area contributed by atoms with Gasteiger partial charge in [0.1, 0.15) is 23.3 Å². The van der Waals surface area contributed by atoms with E-state index >= 15 is 0 Å². The Labute approximate surface area is 431 Å². The highest BCUT2D eigenvalue weighted by molar-refractivity contribution is 5.77. The average Bonchev–Trinajstić information content (AvgIpc) is 4.29. The van der Waals surface area contributed by atoms with Gasteiger partial charge in [-0.2, -0.15) is 19.3 Å². The number of rotatable bonds is 13. The van der Waals surface area contributed by atoms with Crippen LogP contribution in [0.15, 0.2) is 83.6 Å².